The van der Waals surface area contributed by atoms with Crippen LogP contribution in [0.4, 0.5) is 5.13 Å². The standard InChI is InChI=1S/C25H22N6O8S3/c32-11-27-25-28-15(10-42-25)17(30-39-14-3-1-2-4-14)20(33)29-18-21(34)31-19(24(37)38)13(9-41-22(18)31)8-40-16-7-12(23(35)36)5-6-26-16/h3,5-7,10-11,18,22H,1-2,4,8-9H2,(H,29,33)(H,35,36)(H,37,38)(H,27,28,32)/t18?,22-/m0/s1. The minimum absolute atomic E-state index is 0.0525. The molecular formula is C25H22N6O8S3. The molecule has 2 aromatic rings. The zero-order valence-electron chi connectivity index (χ0n) is 21.5. The van der Waals surface area contributed by atoms with Crippen LogP contribution in [0.3, 0.4) is 0 Å². The number of oxime groups is 1. The Morgan fingerprint density at radius 2 is 2.12 bits per heavy atom. The normalized spacial score (nSPS) is 19.9. The Hall–Kier alpha value is -4.22. The van der Waals surface area contributed by atoms with Crippen molar-refractivity contribution in [2.75, 3.05) is 16.8 Å². The van der Waals surface area contributed by atoms with E-state index in [0.717, 1.165) is 40.8 Å². The molecule has 218 valence electrons. The summed E-state index contributed by atoms with van der Waals surface area (Å²) in [6.45, 7) is 0. The predicted molar refractivity (Wildman–Crippen MR) is 153 cm³/mol. The molecular weight excluding hydrogens is 609 g/mol. The Balaban J connectivity index is 1.31. The van der Waals surface area contributed by atoms with Crippen molar-refractivity contribution >= 4 is 75.9 Å². The van der Waals surface area contributed by atoms with Crippen LogP contribution in [0.15, 0.2) is 57.0 Å². The molecule has 1 saturated heterocycles. The van der Waals surface area contributed by atoms with E-state index in [-0.39, 0.29) is 39.3 Å². The molecule has 0 bridgehead atoms. The number of nitrogens with zero attached hydrogens (tertiary/aromatic N) is 4. The lowest BCUT2D eigenvalue weighted by Crippen LogP contribution is -2.71. The molecule has 3 amide bonds. The maximum Gasteiger partial charge on any atom is 0.352 e. The summed E-state index contributed by atoms with van der Waals surface area (Å²) in [5, 5.41) is 29.7. The van der Waals surface area contributed by atoms with Gasteiger partial charge in [0.25, 0.3) is 11.8 Å². The average Bonchev–Trinajstić information content (AvgIpc) is 3.67. The number of hydrogen-bond acceptors (Lipinski definition) is 12. The number of nitrogens with one attached hydrogen (secondary N) is 2. The number of aromatic nitrogens is 2. The second kappa shape index (κ2) is 12.7. The van der Waals surface area contributed by atoms with Crippen LogP contribution in [-0.2, 0) is 24.0 Å². The number of thiazole rings is 1. The van der Waals surface area contributed by atoms with E-state index in [0.29, 0.717) is 29.2 Å². The molecule has 5 rings (SSSR count). The molecule has 14 nitrogen and oxygen atoms in total. The predicted octanol–water partition coefficient (Wildman–Crippen LogP) is 2.12. The summed E-state index contributed by atoms with van der Waals surface area (Å²) in [6, 6.07) is 1.72. The summed E-state index contributed by atoms with van der Waals surface area (Å²) in [5.74, 6) is -2.72. The lowest BCUT2D eigenvalue weighted by atomic mass is 10.0. The van der Waals surface area contributed by atoms with E-state index in [1.54, 1.807) is 0 Å². The van der Waals surface area contributed by atoms with Gasteiger partial charge in [-0.3, -0.25) is 19.3 Å². The van der Waals surface area contributed by atoms with E-state index in [9.17, 15) is 34.2 Å². The van der Waals surface area contributed by atoms with Gasteiger partial charge in [-0.1, -0.05) is 5.16 Å². The highest BCUT2D eigenvalue weighted by molar-refractivity contribution is 8.01. The van der Waals surface area contributed by atoms with Gasteiger partial charge in [-0.25, -0.2) is 19.6 Å². The highest BCUT2D eigenvalue weighted by atomic mass is 32.2. The summed E-state index contributed by atoms with van der Waals surface area (Å²) < 4.78 is 0. The second-order valence-corrected chi connectivity index (χ2v) is 11.9. The molecule has 3 aliphatic rings. The fourth-order valence-corrected chi connectivity index (χ4v) is 7.36. The van der Waals surface area contributed by atoms with Crippen molar-refractivity contribution < 1.29 is 39.0 Å². The number of fused-ring (bicyclic) bond motifs is 1. The molecule has 1 unspecified atom stereocenters. The third-order valence-corrected chi connectivity index (χ3v) is 9.44. The maximum absolute atomic E-state index is 13.3. The van der Waals surface area contributed by atoms with Gasteiger partial charge >= 0.3 is 11.9 Å². The van der Waals surface area contributed by atoms with Gasteiger partial charge in [-0.15, -0.1) is 34.9 Å². The lowest BCUT2D eigenvalue weighted by Gasteiger charge is -2.49. The largest absolute Gasteiger partial charge is 0.478 e. The summed E-state index contributed by atoms with van der Waals surface area (Å²) in [7, 11) is 0. The molecule has 0 radical (unpaired) electrons. The Bertz CT molecular complexity index is 1550. The lowest BCUT2D eigenvalue weighted by molar-refractivity contribution is -0.150. The molecule has 2 aromatic heterocycles. The molecule has 1 aliphatic carbocycles. The number of rotatable bonds is 12. The number of aliphatic carboxylic acids is 1. The van der Waals surface area contributed by atoms with Gasteiger partial charge in [0.1, 0.15) is 28.6 Å². The summed E-state index contributed by atoms with van der Waals surface area (Å²) in [5.41, 5.74) is 0.272. The quantitative estimate of drug-likeness (QED) is 0.0877. The number of carbonyl (C=O) groups excluding carboxylic acids is 3. The van der Waals surface area contributed by atoms with Crippen LogP contribution < -0.4 is 10.6 Å². The van der Waals surface area contributed by atoms with Crippen molar-refractivity contribution in [1.82, 2.24) is 20.2 Å². The molecule has 2 atom stereocenters. The molecule has 17 heteroatoms. The molecule has 42 heavy (non-hydrogen) atoms. The summed E-state index contributed by atoms with van der Waals surface area (Å²) >= 11 is 3.52. The highest BCUT2D eigenvalue weighted by Crippen LogP contribution is 2.41. The minimum Gasteiger partial charge on any atom is -0.478 e. The van der Waals surface area contributed by atoms with Crippen LogP contribution >= 0.6 is 34.9 Å². The number of carboxylic acid groups (broad SMARTS) is 2. The number of pyridine rings is 1. The Kier molecular flexibility index (Phi) is 8.89. The van der Waals surface area contributed by atoms with Crippen molar-refractivity contribution in [3.63, 3.8) is 0 Å². The molecule has 2 aliphatic heterocycles. The molecule has 0 aromatic carbocycles. The van der Waals surface area contributed by atoms with Gasteiger partial charge in [0.05, 0.1) is 10.6 Å². The third-order valence-electron chi connectivity index (χ3n) is 6.31. The molecule has 0 saturated carbocycles. The zero-order chi connectivity index (χ0) is 29.8. The van der Waals surface area contributed by atoms with E-state index < -0.39 is 35.2 Å². The smallest absolute Gasteiger partial charge is 0.352 e. The van der Waals surface area contributed by atoms with Gasteiger partial charge in [-0.2, -0.15) is 0 Å². The van der Waals surface area contributed by atoms with Crippen molar-refractivity contribution in [1.29, 1.82) is 0 Å². The van der Waals surface area contributed by atoms with Crippen LogP contribution in [0, 0.1) is 0 Å². The number of β-lactam (4-membered cyclic amide) rings is 1. The first-order valence-corrected chi connectivity index (χ1v) is 15.3. The Labute approximate surface area is 250 Å². The molecule has 0 spiro atoms. The van der Waals surface area contributed by atoms with Crippen LogP contribution in [-0.4, -0.2) is 83.9 Å². The SMILES string of the molecule is O=CNc1nc(C(=NOC2=CCCC2)C(=O)NC2C(=O)N3C(C(=O)O)=C(CSc4cc(C(=O)O)ccn4)CS[C@@H]23)cs1. The monoisotopic (exact) mass is 630 g/mol. The van der Waals surface area contributed by atoms with Crippen LogP contribution in [0.1, 0.15) is 35.3 Å². The summed E-state index contributed by atoms with van der Waals surface area (Å²) in [4.78, 5) is 75.7. The van der Waals surface area contributed by atoms with Crippen molar-refractivity contribution in [2.45, 2.75) is 35.7 Å². The number of carbonyl (C=O) groups is 5. The average molecular weight is 631 g/mol. The van der Waals surface area contributed by atoms with E-state index >= 15 is 0 Å². The Morgan fingerprint density at radius 1 is 1.29 bits per heavy atom. The van der Waals surface area contributed by atoms with E-state index in [2.05, 4.69) is 25.8 Å². The van der Waals surface area contributed by atoms with Gasteiger partial charge in [0.15, 0.2) is 10.8 Å². The number of thioether (sulfide) groups is 2. The number of amides is 3. The number of allylic oxidation sites excluding steroid dienone is 2. The number of anilines is 1. The Morgan fingerprint density at radius 3 is 2.83 bits per heavy atom. The fourth-order valence-electron chi connectivity index (χ4n) is 4.32. The fraction of sp³-hybridized carbons (Fsp3) is 0.280. The van der Waals surface area contributed by atoms with E-state index in [4.69, 9.17) is 4.84 Å². The molecule has 1 fully saturated rings. The van der Waals surface area contributed by atoms with Crippen LogP contribution in [0.5, 0.6) is 0 Å². The first-order chi connectivity index (χ1) is 20.3. The van der Waals surface area contributed by atoms with Crippen molar-refractivity contribution in [3.05, 3.63) is 58.1 Å². The van der Waals surface area contributed by atoms with E-state index in [1.807, 2.05) is 6.08 Å². The third kappa shape index (κ3) is 6.17. The number of aromatic carboxylic acids is 1. The molecule has 4 N–H and O–H groups in total. The van der Waals surface area contributed by atoms with Crippen LogP contribution in [0.25, 0.3) is 0 Å². The summed E-state index contributed by atoms with van der Waals surface area (Å²) in [6.07, 6.45) is 6.05. The first kappa shape index (κ1) is 29.3. The number of hydrogen-bond donors (Lipinski definition) is 4. The number of carboxylic acids is 2. The second-order valence-electron chi connectivity index (χ2n) is 8.99. The van der Waals surface area contributed by atoms with E-state index in [1.165, 1.54) is 35.5 Å². The highest BCUT2D eigenvalue weighted by Gasteiger charge is 2.54. The van der Waals surface area contributed by atoms with Gasteiger partial charge < -0.3 is 25.7 Å². The van der Waals surface area contributed by atoms with Crippen LogP contribution in [0.2, 0.25) is 0 Å². The topological polar surface area (TPSA) is 200 Å². The van der Waals surface area contributed by atoms with Crippen molar-refractivity contribution in [3.8, 4) is 0 Å². The van der Waals surface area contributed by atoms with Crippen molar-refractivity contribution in [2.24, 2.45) is 5.16 Å². The van der Waals surface area contributed by atoms with Gasteiger partial charge in [-0.05, 0) is 36.6 Å². The van der Waals surface area contributed by atoms with Gasteiger partial charge in [0.2, 0.25) is 6.41 Å². The maximum atomic E-state index is 13.3. The minimum atomic E-state index is -1.29. The van der Waals surface area contributed by atoms with Gasteiger partial charge in [0, 0.05) is 29.5 Å². The molecule has 4 heterocycles. The first-order valence-electron chi connectivity index (χ1n) is 12.4. The zero-order valence-corrected chi connectivity index (χ0v) is 24.0.